The van der Waals surface area contributed by atoms with E-state index in [1.807, 2.05) is 10.8 Å². The lowest BCUT2D eigenvalue weighted by Crippen LogP contribution is -2.37. The van der Waals surface area contributed by atoms with E-state index >= 15 is 0 Å². The Morgan fingerprint density at radius 2 is 2.00 bits per heavy atom. The zero-order chi connectivity index (χ0) is 13.7. The summed E-state index contributed by atoms with van der Waals surface area (Å²) in [7, 11) is 0. The quantitative estimate of drug-likeness (QED) is 0.825. The van der Waals surface area contributed by atoms with Crippen molar-refractivity contribution < 1.29 is 18.5 Å². The van der Waals surface area contributed by atoms with Crippen molar-refractivity contribution in [3.05, 3.63) is 60.2 Å². The lowest BCUT2D eigenvalue weighted by atomic mass is 10.3. The maximum atomic E-state index is 12.7. The molecule has 4 nitrogen and oxygen atoms in total. The maximum absolute atomic E-state index is 12.7. The molecule has 0 fully saturated rings. The van der Waals surface area contributed by atoms with Gasteiger partial charge in [0.25, 0.3) is 5.91 Å². The molecule has 2 N–H and O–H groups in total. The Kier molecular flexibility index (Phi) is 4.07. The predicted molar refractivity (Wildman–Crippen MR) is 67.0 cm³/mol. The van der Waals surface area contributed by atoms with Crippen LogP contribution in [-0.4, -0.2) is 12.5 Å². The maximum Gasteiger partial charge on any atom is 0.254 e. The van der Waals surface area contributed by atoms with Crippen LogP contribution in [0.3, 0.4) is 0 Å². The number of rotatable bonds is 5. The van der Waals surface area contributed by atoms with Gasteiger partial charge in [0.15, 0.2) is 18.9 Å². The summed E-state index contributed by atoms with van der Waals surface area (Å²) >= 11 is 0. The van der Waals surface area contributed by atoms with Crippen LogP contribution >= 0.6 is 0 Å². The van der Waals surface area contributed by atoms with E-state index in [9.17, 15) is 9.18 Å². The summed E-state index contributed by atoms with van der Waals surface area (Å²) in [4.78, 5) is 11.0. The van der Waals surface area contributed by atoms with E-state index in [1.165, 1.54) is 12.1 Å². The van der Waals surface area contributed by atoms with Crippen LogP contribution in [0.15, 0.2) is 48.8 Å². The Bertz CT molecular complexity index is 570. The minimum atomic E-state index is -0.464. The Morgan fingerprint density at radius 3 is 2.68 bits per heavy atom. The summed E-state index contributed by atoms with van der Waals surface area (Å²) in [5.41, 5.74) is 5.65. The van der Waals surface area contributed by atoms with Gasteiger partial charge in [-0.2, -0.15) is 0 Å². The molecule has 1 amide bonds. The minimum absolute atomic E-state index is 0.295. The van der Waals surface area contributed by atoms with Crippen LogP contribution in [0, 0.1) is 5.82 Å². The monoisotopic (exact) mass is 261 g/mol. The third kappa shape index (κ3) is 3.77. The first kappa shape index (κ1) is 13.0. The van der Waals surface area contributed by atoms with E-state index in [2.05, 4.69) is 0 Å². The van der Waals surface area contributed by atoms with Crippen molar-refractivity contribution in [2.45, 2.75) is 6.54 Å². The first-order valence-corrected chi connectivity index (χ1v) is 5.82. The number of carbonyl (C=O) groups is 1. The highest BCUT2D eigenvalue weighted by Crippen LogP contribution is 2.10. The van der Waals surface area contributed by atoms with Gasteiger partial charge >= 0.3 is 0 Å². The molecule has 0 radical (unpaired) electrons. The topological polar surface area (TPSA) is 56.2 Å². The molecule has 2 aromatic rings. The Hall–Kier alpha value is -2.43. The van der Waals surface area contributed by atoms with Crippen LogP contribution in [0.4, 0.5) is 4.39 Å². The van der Waals surface area contributed by atoms with Gasteiger partial charge in [-0.15, -0.1) is 0 Å². The number of halogens is 1. The number of amides is 1. The zero-order valence-corrected chi connectivity index (χ0v) is 10.3. The predicted octanol–water partition coefficient (Wildman–Crippen LogP) is 1.29. The van der Waals surface area contributed by atoms with Gasteiger partial charge in [-0.3, -0.25) is 4.79 Å². The first-order chi connectivity index (χ1) is 9.15. The van der Waals surface area contributed by atoms with Crippen LogP contribution in [0.25, 0.3) is 0 Å². The number of nitrogens with two attached hydrogens (primary N) is 1. The van der Waals surface area contributed by atoms with Gasteiger partial charge in [0.2, 0.25) is 0 Å². The fourth-order valence-corrected chi connectivity index (χ4v) is 1.61. The highest BCUT2D eigenvalue weighted by Gasteiger charge is 2.07. The summed E-state index contributed by atoms with van der Waals surface area (Å²) in [5, 5.41) is 0. The molecule has 1 aromatic heterocycles. The number of aromatic nitrogens is 1. The molecule has 0 saturated carbocycles. The molecular weight excluding hydrogens is 247 g/mol. The van der Waals surface area contributed by atoms with Crippen molar-refractivity contribution in [3.63, 3.8) is 0 Å². The second kappa shape index (κ2) is 5.95. The van der Waals surface area contributed by atoms with E-state index in [4.69, 9.17) is 10.5 Å². The molecule has 2 rings (SSSR count). The third-order valence-electron chi connectivity index (χ3n) is 2.57. The summed E-state index contributed by atoms with van der Waals surface area (Å²) in [6.07, 6.45) is 3.48. The molecule has 0 spiro atoms. The summed E-state index contributed by atoms with van der Waals surface area (Å²) in [5.74, 6) is -0.155. The van der Waals surface area contributed by atoms with Gasteiger partial charge in [0.05, 0.1) is 0 Å². The summed E-state index contributed by atoms with van der Waals surface area (Å²) < 4.78 is 20.0. The number of benzene rings is 1. The van der Waals surface area contributed by atoms with E-state index < -0.39 is 5.91 Å². The number of carbonyl (C=O) groups excluding carboxylic acids is 1. The fraction of sp³-hybridized carbons (Fsp3) is 0.143. The van der Waals surface area contributed by atoms with Crippen LogP contribution in [0.1, 0.15) is 10.4 Å². The van der Waals surface area contributed by atoms with E-state index in [0.717, 1.165) is 0 Å². The number of ether oxygens (including phenoxy) is 1. The molecule has 98 valence electrons. The van der Waals surface area contributed by atoms with Crippen LogP contribution in [0.2, 0.25) is 0 Å². The molecule has 5 heteroatoms. The van der Waals surface area contributed by atoms with Gasteiger partial charge in [-0.25, -0.2) is 8.96 Å². The van der Waals surface area contributed by atoms with Crippen molar-refractivity contribution in [2.24, 2.45) is 5.73 Å². The Balaban J connectivity index is 1.90. The molecule has 0 saturated heterocycles. The molecule has 19 heavy (non-hydrogen) atoms. The molecule has 0 unspecified atom stereocenters. The van der Waals surface area contributed by atoms with Gasteiger partial charge < -0.3 is 10.5 Å². The van der Waals surface area contributed by atoms with Crippen molar-refractivity contribution in [1.82, 2.24) is 0 Å². The number of nitrogens with zero attached hydrogens (tertiary/aromatic N) is 1. The average molecular weight is 261 g/mol. The van der Waals surface area contributed by atoms with Crippen molar-refractivity contribution in [1.29, 1.82) is 0 Å². The van der Waals surface area contributed by atoms with Crippen molar-refractivity contribution in [2.75, 3.05) is 6.61 Å². The van der Waals surface area contributed by atoms with Gasteiger partial charge in [-0.1, -0.05) is 0 Å². The molecular formula is C14H14FN2O2+. The number of hydrogen-bond donors (Lipinski definition) is 1. The molecule has 0 aliphatic heterocycles. The highest BCUT2D eigenvalue weighted by atomic mass is 19.1. The lowest BCUT2D eigenvalue weighted by molar-refractivity contribution is -0.697. The molecule has 0 aliphatic rings. The number of primary amides is 1. The van der Waals surface area contributed by atoms with E-state index in [0.29, 0.717) is 24.5 Å². The molecule has 0 bridgehead atoms. The summed E-state index contributed by atoms with van der Waals surface area (Å²) in [6, 6.07) is 9.23. The lowest BCUT2D eigenvalue weighted by Gasteiger charge is -2.04. The van der Waals surface area contributed by atoms with E-state index in [-0.39, 0.29) is 5.82 Å². The third-order valence-corrected chi connectivity index (χ3v) is 2.57. The fourth-order valence-electron chi connectivity index (χ4n) is 1.61. The van der Waals surface area contributed by atoms with Crippen LogP contribution < -0.4 is 15.0 Å². The Labute approximate surface area is 110 Å². The van der Waals surface area contributed by atoms with Gasteiger partial charge in [-0.05, 0) is 30.3 Å². The highest BCUT2D eigenvalue weighted by molar-refractivity contribution is 5.92. The van der Waals surface area contributed by atoms with Crippen LogP contribution in [-0.2, 0) is 6.54 Å². The van der Waals surface area contributed by atoms with Crippen molar-refractivity contribution >= 4 is 5.91 Å². The molecule has 0 atom stereocenters. The molecule has 0 aliphatic carbocycles. The van der Waals surface area contributed by atoms with E-state index in [1.54, 1.807) is 30.5 Å². The van der Waals surface area contributed by atoms with Crippen molar-refractivity contribution in [3.8, 4) is 5.75 Å². The Morgan fingerprint density at radius 1 is 1.26 bits per heavy atom. The summed E-state index contributed by atoms with van der Waals surface area (Å²) in [6.45, 7) is 0.983. The molecule has 1 aromatic carbocycles. The van der Waals surface area contributed by atoms with Crippen LogP contribution in [0.5, 0.6) is 5.75 Å². The number of hydrogen-bond acceptors (Lipinski definition) is 2. The van der Waals surface area contributed by atoms with Gasteiger partial charge in [0.1, 0.15) is 23.7 Å². The molecule has 1 heterocycles. The zero-order valence-electron chi connectivity index (χ0n) is 10.3. The largest absolute Gasteiger partial charge is 0.487 e. The average Bonchev–Trinajstić information content (AvgIpc) is 2.41. The number of pyridine rings is 1. The smallest absolute Gasteiger partial charge is 0.254 e. The second-order valence-electron chi connectivity index (χ2n) is 4.00. The first-order valence-electron chi connectivity index (χ1n) is 5.82. The van der Waals surface area contributed by atoms with Gasteiger partial charge in [0, 0.05) is 6.07 Å². The minimum Gasteiger partial charge on any atom is -0.487 e. The standard InChI is InChI=1S/C14H13FN2O2/c15-12-3-5-13(6-4-12)19-9-8-17-7-1-2-11(10-17)14(16)18/h1-7,10H,8-9H2,(H-,16,18)/p+1. The normalized spacial score (nSPS) is 10.2. The SMILES string of the molecule is NC(=O)c1ccc[n+](CCOc2ccc(F)cc2)c1. The second-order valence-corrected chi connectivity index (χ2v) is 4.00.